The van der Waals surface area contributed by atoms with E-state index in [0.717, 1.165) is 32.7 Å². The van der Waals surface area contributed by atoms with Crippen LogP contribution >= 0.6 is 35.6 Å². The molecule has 0 aromatic heterocycles. The number of hydrogen-bond donors (Lipinski definition) is 2. The fourth-order valence-corrected chi connectivity index (χ4v) is 2.53. The van der Waals surface area contributed by atoms with E-state index in [1.807, 2.05) is 0 Å². The minimum absolute atomic E-state index is 0. The van der Waals surface area contributed by atoms with E-state index >= 15 is 0 Å². The number of halogens is 3. The number of benzene rings is 1. The number of nitrogens with one attached hydrogen (secondary N) is 2. The molecule has 2 N–H and O–H groups in total. The van der Waals surface area contributed by atoms with Crippen molar-refractivity contribution in [1.29, 1.82) is 0 Å². The fraction of sp³-hybridized carbons (Fsp3) is 0.462. The molecule has 1 heterocycles. The van der Waals surface area contributed by atoms with Crippen molar-refractivity contribution in [3.8, 4) is 0 Å². The average Bonchev–Trinajstić information content (AvgIpc) is 2.39. The summed E-state index contributed by atoms with van der Waals surface area (Å²) in [4.78, 5) is 14.3. The Balaban J connectivity index is 0.00000200. The van der Waals surface area contributed by atoms with Gasteiger partial charge in [-0.3, -0.25) is 9.69 Å². The van der Waals surface area contributed by atoms with E-state index in [9.17, 15) is 4.79 Å². The zero-order valence-corrected chi connectivity index (χ0v) is 13.3. The van der Waals surface area contributed by atoms with E-state index in [0.29, 0.717) is 22.2 Å². The molecule has 20 heavy (non-hydrogen) atoms. The molecule has 1 aliphatic heterocycles. The topological polar surface area (TPSA) is 44.4 Å². The third-order valence-electron chi connectivity index (χ3n) is 3.10. The van der Waals surface area contributed by atoms with E-state index in [2.05, 4.69) is 15.5 Å². The molecule has 1 aromatic rings. The maximum Gasteiger partial charge on any atom is 0.252 e. The Morgan fingerprint density at radius 2 is 2.00 bits per heavy atom. The van der Waals surface area contributed by atoms with Gasteiger partial charge in [-0.1, -0.05) is 23.2 Å². The zero-order chi connectivity index (χ0) is 13.7. The van der Waals surface area contributed by atoms with Gasteiger partial charge in [0.2, 0.25) is 0 Å². The predicted molar refractivity (Wildman–Crippen MR) is 85.4 cm³/mol. The van der Waals surface area contributed by atoms with Gasteiger partial charge in [-0.15, -0.1) is 12.4 Å². The molecule has 0 radical (unpaired) electrons. The van der Waals surface area contributed by atoms with Crippen molar-refractivity contribution in [2.45, 2.75) is 0 Å². The molecule has 0 saturated carbocycles. The molecule has 2 rings (SSSR count). The summed E-state index contributed by atoms with van der Waals surface area (Å²) in [5, 5.41) is 7.08. The second-order valence-electron chi connectivity index (χ2n) is 4.47. The normalized spacial score (nSPS) is 15.5. The molecular formula is C13H18Cl3N3O. The first-order valence-electron chi connectivity index (χ1n) is 6.33. The Morgan fingerprint density at radius 3 is 2.65 bits per heavy atom. The van der Waals surface area contributed by atoms with Gasteiger partial charge in [0.15, 0.2) is 0 Å². The Hall–Kier alpha value is -0.520. The zero-order valence-electron chi connectivity index (χ0n) is 11.0. The molecule has 1 aliphatic rings. The maximum absolute atomic E-state index is 11.9. The Morgan fingerprint density at radius 1 is 1.30 bits per heavy atom. The van der Waals surface area contributed by atoms with Crippen LogP contribution in [0, 0.1) is 0 Å². The summed E-state index contributed by atoms with van der Waals surface area (Å²) in [7, 11) is 0. The molecule has 0 aliphatic carbocycles. The third-order valence-corrected chi connectivity index (χ3v) is 3.65. The summed E-state index contributed by atoms with van der Waals surface area (Å²) in [6.45, 7) is 5.56. The molecule has 0 bridgehead atoms. The van der Waals surface area contributed by atoms with Gasteiger partial charge in [-0.05, 0) is 18.2 Å². The van der Waals surface area contributed by atoms with Gasteiger partial charge in [0.1, 0.15) is 0 Å². The SMILES string of the molecule is Cl.O=C(NCCN1CCNCC1)c1ccc(Cl)cc1Cl. The van der Waals surface area contributed by atoms with Crippen LogP contribution in [0.1, 0.15) is 10.4 Å². The number of amides is 1. The molecule has 112 valence electrons. The number of carbonyl (C=O) groups is 1. The summed E-state index contributed by atoms with van der Waals surface area (Å²) in [6, 6.07) is 4.89. The highest BCUT2D eigenvalue weighted by Crippen LogP contribution is 2.20. The molecule has 1 fully saturated rings. The van der Waals surface area contributed by atoms with Crippen LogP contribution in [0.15, 0.2) is 18.2 Å². The van der Waals surface area contributed by atoms with Crippen LogP contribution in [0.2, 0.25) is 10.0 Å². The molecule has 0 spiro atoms. The van der Waals surface area contributed by atoms with E-state index in [1.165, 1.54) is 0 Å². The fourth-order valence-electron chi connectivity index (χ4n) is 2.03. The largest absolute Gasteiger partial charge is 0.351 e. The molecule has 4 nitrogen and oxygen atoms in total. The maximum atomic E-state index is 11.9. The smallest absolute Gasteiger partial charge is 0.252 e. The molecule has 0 unspecified atom stereocenters. The molecule has 0 atom stereocenters. The lowest BCUT2D eigenvalue weighted by atomic mass is 10.2. The number of nitrogens with zero attached hydrogens (tertiary/aromatic N) is 1. The highest BCUT2D eigenvalue weighted by atomic mass is 35.5. The van der Waals surface area contributed by atoms with E-state index < -0.39 is 0 Å². The summed E-state index contributed by atoms with van der Waals surface area (Å²) in [5.41, 5.74) is 0.464. The Kier molecular flexibility index (Phi) is 7.62. The molecule has 1 amide bonds. The highest BCUT2D eigenvalue weighted by molar-refractivity contribution is 6.36. The lowest BCUT2D eigenvalue weighted by Gasteiger charge is -2.27. The molecular weight excluding hydrogens is 321 g/mol. The van der Waals surface area contributed by atoms with Gasteiger partial charge in [-0.2, -0.15) is 0 Å². The van der Waals surface area contributed by atoms with Crippen molar-refractivity contribution in [1.82, 2.24) is 15.5 Å². The number of hydrogen-bond acceptors (Lipinski definition) is 3. The predicted octanol–water partition coefficient (Wildman–Crippen LogP) is 2.05. The summed E-state index contributed by atoms with van der Waals surface area (Å²) in [5.74, 6) is -0.156. The van der Waals surface area contributed by atoms with Gasteiger partial charge in [0, 0.05) is 44.3 Å². The lowest BCUT2D eigenvalue weighted by molar-refractivity contribution is 0.0947. The number of piperazine rings is 1. The minimum Gasteiger partial charge on any atom is -0.351 e. The van der Waals surface area contributed by atoms with Crippen LogP contribution in [0.5, 0.6) is 0 Å². The van der Waals surface area contributed by atoms with Crippen molar-refractivity contribution in [2.75, 3.05) is 39.3 Å². The van der Waals surface area contributed by atoms with Gasteiger partial charge in [-0.25, -0.2) is 0 Å². The van der Waals surface area contributed by atoms with Crippen LogP contribution in [-0.2, 0) is 0 Å². The van der Waals surface area contributed by atoms with Crippen molar-refractivity contribution in [3.05, 3.63) is 33.8 Å². The second kappa shape index (κ2) is 8.70. The first-order chi connectivity index (χ1) is 9.16. The van der Waals surface area contributed by atoms with Crippen molar-refractivity contribution in [2.24, 2.45) is 0 Å². The minimum atomic E-state index is -0.156. The van der Waals surface area contributed by atoms with Crippen molar-refractivity contribution in [3.63, 3.8) is 0 Å². The summed E-state index contributed by atoms with van der Waals surface area (Å²) < 4.78 is 0. The summed E-state index contributed by atoms with van der Waals surface area (Å²) in [6.07, 6.45) is 0. The molecule has 7 heteroatoms. The van der Waals surface area contributed by atoms with Crippen molar-refractivity contribution < 1.29 is 4.79 Å². The quantitative estimate of drug-likeness (QED) is 0.883. The molecule has 1 aromatic carbocycles. The van der Waals surface area contributed by atoms with Crippen LogP contribution in [0.4, 0.5) is 0 Å². The van der Waals surface area contributed by atoms with Crippen LogP contribution in [0.3, 0.4) is 0 Å². The first kappa shape index (κ1) is 17.5. The van der Waals surface area contributed by atoms with Crippen LogP contribution in [-0.4, -0.2) is 50.1 Å². The van der Waals surface area contributed by atoms with Crippen LogP contribution in [0.25, 0.3) is 0 Å². The second-order valence-corrected chi connectivity index (χ2v) is 5.32. The summed E-state index contributed by atoms with van der Waals surface area (Å²) >= 11 is 11.8. The molecule has 1 saturated heterocycles. The standard InChI is InChI=1S/C13H17Cl2N3O.ClH/c14-10-1-2-11(12(15)9-10)13(19)17-5-8-18-6-3-16-4-7-18;/h1-2,9,16H,3-8H2,(H,17,19);1H. The van der Waals surface area contributed by atoms with Gasteiger partial charge in [0.25, 0.3) is 5.91 Å². The van der Waals surface area contributed by atoms with Gasteiger partial charge < -0.3 is 10.6 Å². The van der Waals surface area contributed by atoms with Crippen molar-refractivity contribution >= 4 is 41.5 Å². The first-order valence-corrected chi connectivity index (χ1v) is 7.09. The van der Waals surface area contributed by atoms with Gasteiger partial charge >= 0.3 is 0 Å². The van der Waals surface area contributed by atoms with E-state index in [-0.39, 0.29) is 18.3 Å². The van der Waals surface area contributed by atoms with Crippen LogP contribution < -0.4 is 10.6 Å². The Labute approximate surface area is 135 Å². The monoisotopic (exact) mass is 337 g/mol. The highest BCUT2D eigenvalue weighted by Gasteiger charge is 2.12. The Bertz CT molecular complexity index is 450. The van der Waals surface area contributed by atoms with Gasteiger partial charge in [0.05, 0.1) is 10.6 Å². The number of rotatable bonds is 4. The number of carbonyl (C=O) groups excluding carboxylic acids is 1. The average molecular weight is 339 g/mol. The lowest BCUT2D eigenvalue weighted by Crippen LogP contribution is -2.46. The third kappa shape index (κ3) is 5.11. The van der Waals surface area contributed by atoms with E-state index in [1.54, 1.807) is 18.2 Å². The van der Waals surface area contributed by atoms with E-state index in [4.69, 9.17) is 23.2 Å².